The van der Waals surface area contributed by atoms with E-state index in [1.165, 1.54) is 22.5 Å². The van der Waals surface area contributed by atoms with E-state index in [0.717, 1.165) is 51.4 Å². The summed E-state index contributed by atoms with van der Waals surface area (Å²) in [7, 11) is -3.40. The van der Waals surface area contributed by atoms with Crippen LogP contribution in [-0.2, 0) is 16.6 Å². The fourth-order valence-electron chi connectivity index (χ4n) is 4.60. The largest absolute Gasteiger partial charge is 0.354 e. The summed E-state index contributed by atoms with van der Waals surface area (Å²) in [6.07, 6.45) is 3.40. The van der Waals surface area contributed by atoms with Gasteiger partial charge < -0.3 is 4.90 Å². The number of anilines is 1. The second kappa shape index (κ2) is 8.57. The van der Waals surface area contributed by atoms with Crippen LogP contribution in [0.2, 0.25) is 0 Å². The van der Waals surface area contributed by atoms with Crippen LogP contribution < -0.4 is 4.90 Å². The van der Waals surface area contributed by atoms with Crippen LogP contribution in [0.5, 0.6) is 0 Å². The summed E-state index contributed by atoms with van der Waals surface area (Å²) >= 11 is 0. The number of aromatic nitrogens is 1. The van der Waals surface area contributed by atoms with Gasteiger partial charge in [-0.2, -0.15) is 4.31 Å². The highest BCUT2D eigenvalue weighted by Crippen LogP contribution is 2.24. The van der Waals surface area contributed by atoms with Crippen LogP contribution in [0.3, 0.4) is 0 Å². The molecule has 6 nitrogen and oxygen atoms in total. The topological polar surface area (TPSA) is 56.8 Å². The predicted molar refractivity (Wildman–Crippen MR) is 124 cm³/mol. The number of pyridine rings is 1. The molecule has 2 aliphatic heterocycles. The van der Waals surface area contributed by atoms with E-state index in [0.29, 0.717) is 18.0 Å². The van der Waals surface area contributed by atoms with Gasteiger partial charge in [0.05, 0.1) is 0 Å². The highest BCUT2D eigenvalue weighted by atomic mass is 32.2. The van der Waals surface area contributed by atoms with Gasteiger partial charge in [0.15, 0.2) is 0 Å². The third-order valence-corrected chi connectivity index (χ3v) is 8.28. The maximum absolute atomic E-state index is 12.7. The molecule has 0 amide bonds. The molecule has 1 aromatic heterocycles. The van der Waals surface area contributed by atoms with Crippen molar-refractivity contribution >= 4 is 26.6 Å². The third-order valence-electron chi connectivity index (χ3n) is 6.39. The zero-order valence-corrected chi connectivity index (χ0v) is 18.5. The lowest BCUT2D eigenvalue weighted by Crippen LogP contribution is -2.46. The quantitative estimate of drug-likeness (QED) is 0.614. The molecule has 2 saturated heterocycles. The molecule has 0 atom stereocenters. The Morgan fingerprint density at radius 1 is 0.806 bits per heavy atom. The zero-order chi connectivity index (χ0) is 21.3. The van der Waals surface area contributed by atoms with Gasteiger partial charge in [-0.3, -0.25) is 4.90 Å². The van der Waals surface area contributed by atoms with E-state index in [9.17, 15) is 8.42 Å². The lowest BCUT2D eigenvalue weighted by atomic mass is 10.0. The molecule has 0 aliphatic carbocycles. The lowest BCUT2D eigenvalue weighted by Gasteiger charge is -2.35. The number of piperazine rings is 1. The van der Waals surface area contributed by atoms with E-state index in [1.54, 1.807) is 10.4 Å². The van der Waals surface area contributed by atoms with Gasteiger partial charge in [-0.15, -0.1) is 0 Å². The molecule has 0 radical (unpaired) electrons. The van der Waals surface area contributed by atoms with Crippen molar-refractivity contribution in [1.29, 1.82) is 0 Å². The molecule has 2 fully saturated rings. The van der Waals surface area contributed by atoms with Crippen molar-refractivity contribution in [2.24, 2.45) is 0 Å². The second-order valence-corrected chi connectivity index (χ2v) is 10.3. The summed E-state index contributed by atoms with van der Waals surface area (Å²) in [6.45, 7) is 5.85. The minimum Gasteiger partial charge on any atom is -0.354 e. The SMILES string of the molecule is O=S(=O)(c1ccc(N2CCN(Cc3cccc4ccccc34)CC2)nc1)N1CCCC1. The van der Waals surface area contributed by atoms with Gasteiger partial charge in [-0.1, -0.05) is 42.5 Å². The summed E-state index contributed by atoms with van der Waals surface area (Å²) in [5, 5.41) is 2.61. The van der Waals surface area contributed by atoms with Crippen LogP contribution in [0.4, 0.5) is 5.82 Å². The smallest absolute Gasteiger partial charge is 0.244 e. The van der Waals surface area contributed by atoms with Crippen molar-refractivity contribution in [3.63, 3.8) is 0 Å². The molecular weight excluding hydrogens is 408 g/mol. The van der Waals surface area contributed by atoms with E-state index in [1.807, 2.05) is 6.07 Å². The number of sulfonamides is 1. The van der Waals surface area contributed by atoms with Crippen molar-refractivity contribution in [1.82, 2.24) is 14.2 Å². The molecule has 0 spiro atoms. The first kappa shape index (κ1) is 20.4. The average molecular weight is 437 g/mol. The lowest BCUT2D eigenvalue weighted by molar-refractivity contribution is 0.250. The predicted octanol–water partition coefficient (Wildman–Crippen LogP) is 3.34. The number of hydrogen-bond acceptors (Lipinski definition) is 5. The first-order valence-electron chi connectivity index (χ1n) is 11.0. The Kier molecular flexibility index (Phi) is 5.65. The molecule has 7 heteroatoms. The summed E-state index contributed by atoms with van der Waals surface area (Å²) in [5.74, 6) is 0.852. The third kappa shape index (κ3) is 4.18. The second-order valence-electron chi connectivity index (χ2n) is 8.36. The van der Waals surface area contributed by atoms with Gasteiger partial charge in [0.1, 0.15) is 10.7 Å². The molecule has 3 aromatic rings. The Hall–Kier alpha value is -2.48. The van der Waals surface area contributed by atoms with Gasteiger partial charge in [0, 0.05) is 52.0 Å². The molecule has 0 bridgehead atoms. The van der Waals surface area contributed by atoms with Crippen LogP contribution in [0.15, 0.2) is 65.7 Å². The Labute approximate surface area is 184 Å². The number of fused-ring (bicyclic) bond motifs is 1. The highest BCUT2D eigenvalue weighted by molar-refractivity contribution is 7.89. The summed E-state index contributed by atoms with van der Waals surface area (Å²) < 4.78 is 27.0. The zero-order valence-electron chi connectivity index (χ0n) is 17.7. The minimum atomic E-state index is -3.40. The van der Waals surface area contributed by atoms with Crippen LogP contribution in [0, 0.1) is 0 Å². The Bertz CT molecular complexity index is 1140. The standard InChI is InChI=1S/C24H28N4O2S/c29-31(30,28-12-3-4-13-28)22-10-11-24(25-18-22)27-16-14-26(15-17-27)19-21-8-5-7-20-6-1-2-9-23(20)21/h1-2,5-11,18H,3-4,12-17,19H2. The average Bonchev–Trinajstić information content (AvgIpc) is 3.36. The number of hydrogen-bond donors (Lipinski definition) is 0. The number of benzene rings is 2. The van der Waals surface area contributed by atoms with Crippen molar-refractivity contribution in [3.8, 4) is 0 Å². The van der Waals surface area contributed by atoms with Crippen molar-refractivity contribution in [2.75, 3.05) is 44.2 Å². The monoisotopic (exact) mass is 436 g/mol. The first-order valence-corrected chi connectivity index (χ1v) is 12.5. The summed E-state index contributed by atoms with van der Waals surface area (Å²) in [5.41, 5.74) is 1.36. The Morgan fingerprint density at radius 2 is 1.55 bits per heavy atom. The molecule has 5 rings (SSSR count). The van der Waals surface area contributed by atoms with Gasteiger partial charge in [0.2, 0.25) is 10.0 Å². The van der Waals surface area contributed by atoms with Crippen LogP contribution in [0.1, 0.15) is 18.4 Å². The Morgan fingerprint density at radius 3 is 2.29 bits per heavy atom. The molecule has 31 heavy (non-hydrogen) atoms. The van der Waals surface area contributed by atoms with Crippen LogP contribution in [0.25, 0.3) is 10.8 Å². The van der Waals surface area contributed by atoms with Gasteiger partial charge in [-0.05, 0) is 41.3 Å². The molecule has 2 aromatic carbocycles. The molecule has 3 heterocycles. The first-order chi connectivity index (χ1) is 15.1. The highest BCUT2D eigenvalue weighted by Gasteiger charge is 2.28. The summed E-state index contributed by atoms with van der Waals surface area (Å²) in [4.78, 5) is 9.51. The molecule has 0 saturated carbocycles. The fraction of sp³-hybridized carbons (Fsp3) is 0.375. The van der Waals surface area contributed by atoms with E-state index >= 15 is 0 Å². The van der Waals surface area contributed by atoms with E-state index in [-0.39, 0.29) is 0 Å². The van der Waals surface area contributed by atoms with Crippen molar-refractivity contribution in [2.45, 2.75) is 24.3 Å². The molecule has 2 aliphatic rings. The van der Waals surface area contributed by atoms with Gasteiger partial charge in [0.25, 0.3) is 0 Å². The fourth-order valence-corrected chi connectivity index (χ4v) is 6.06. The summed E-state index contributed by atoms with van der Waals surface area (Å²) in [6, 6.07) is 18.6. The number of rotatable bonds is 5. The molecule has 0 unspecified atom stereocenters. The van der Waals surface area contributed by atoms with Crippen molar-refractivity contribution < 1.29 is 8.42 Å². The van der Waals surface area contributed by atoms with Gasteiger partial charge in [-0.25, -0.2) is 13.4 Å². The van der Waals surface area contributed by atoms with E-state index < -0.39 is 10.0 Å². The van der Waals surface area contributed by atoms with Gasteiger partial charge >= 0.3 is 0 Å². The molecular formula is C24H28N4O2S. The maximum atomic E-state index is 12.7. The van der Waals surface area contributed by atoms with Crippen LogP contribution in [-0.4, -0.2) is 61.9 Å². The molecule has 162 valence electrons. The Balaban J connectivity index is 1.22. The normalized spacial score (nSPS) is 18.6. The van der Waals surface area contributed by atoms with E-state index in [4.69, 9.17) is 0 Å². The maximum Gasteiger partial charge on any atom is 0.244 e. The molecule has 0 N–H and O–H groups in total. The minimum absolute atomic E-state index is 0.299. The van der Waals surface area contributed by atoms with E-state index in [2.05, 4.69) is 57.2 Å². The number of nitrogens with zero attached hydrogens (tertiary/aromatic N) is 4. The van der Waals surface area contributed by atoms with Crippen molar-refractivity contribution in [3.05, 3.63) is 66.4 Å². The van der Waals surface area contributed by atoms with Crippen LogP contribution >= 0.6 is 0 Å².